The highest BCUT2D eigenvalue weighted by Crippen LogP contribution is 2.42. The van der Waals surface area contributed by atoms with Crippen molar-refractivity contribution in [2.45, 2.75) is 96.3 Å². The summed E-state index contributed by atoms with van der Waals surface area (Å²) in [5, 5.41) is 0. The fourth-order valence-corrected chi connectivity index (χ4v) is 6.10. The highest BCUT2D eigenvalue weighted by molar-refractivity contribution is 5.75. The lowest BCUT2D eigenvalue weighted by Crippen LogP contribution is -2.25. The van der Waals surface area contributed by atoms with Gasteiger partial charge in [0.15, 0.2) is 11.6 Å². The third-order valence-electron chi connectivity index (χ3n) is 8.25. The normalized spacial score (nSPS) is 24.8. The number of hydrogen-bond acceptors (Lipinski definition) is 2. The fourth-order valence-electron chi connectivity index (χ4n) is 6.10. The molecule has 0 spiro atoms. The first-order chi connectivity index (χ1) is 16.9. The SMILES string of the molecule is CCCC1CCC(c2ccc(C3CCC(C(=O)Oc4ccc(CC)c(F)c4)CC3)c(F)c2F)CC1. The van der Waals surface area contributed by atoms with Crippen molar-refractivity contribution in [3.63, 3.8) is 0 Å². The molecule has 0 aliphatic heterocycles. The molecule has 0 aromatic heterocycles. The van der Waals surface area contributed by atoms with Crippen molar-refractivity contribution in [3.8, 4) is 5.75 Å². The highest BCUT2D eigenvalue weighted by Gasteiger charge is 2.32. The van der Waals surface area contributed by atoms with Gasteiger partial charge in [0.2, 0.25) is 0 Å². The van der Waals surface area contributed by atoms with E-state index in [-0.39, 0.29) is 35.3 Å². The average molecular weight is 487 g/mol. The molecule has 2 aromatic carbocycles. The Morgan fingerprint density at radius 2 is 1.40 bits per heavy atom. The molecule has 0 amide bonds. The topological polar surface area (TPSA) is 26.3 Å². The van der Waals surface area contributed by atoms with Gasteiger partial charge in [-0.05, 0) is 98.3 Å². The molecule has 0 saturated heterocycles. The van der Waals surface area contributed by atoms with Crippen molar-refractivity contribution >= 4 is 5.97 Å². The summed E-state index contributed by atoms with van der Waals surface area (Å²) in [5.41, 5.74) is 1.53. The van der Waals surface area contributed by atoms with Crippen LogP contribution in [0.1, 0.15) is 107 Å². The van der Waals surface area contributed by atoms with E-state index in [1.165, 1.54) is 18.9 Å². The third kappa shape index (κ3) is 5.92. The molecular formula is C30H37F3O2. The van der Waals surface area contributed by atoms with Crippen LogP contribution in [0.2, 0.25) is 0 Å². The van der Waals surface area contributed by atoms with Gasteiger partial charge in [0, 0.05) is 6.07 Å². The standard InChI is InChI=1S/C30H37F3O2/c1-3-5-19-6-8-21(9-7-19)25-16-17-26(29(33)28(25)32)22-10-12-23(13-11-22)30(34)35-24-15-14-20(4-2)27(31)18-24/h14-19,21-23H,3-13H2,1-2H3. The van der Waals surface area contributed by atoms with Crippen LogP contribution < -0.4 is 4.74 Å². The summed E-state index contributed by atoms with van der Waals surface area (Å²) in [6, 6.07) is 8.06. The zero-order chi connectivity index (χ0) is 24.9. The number of halogens is 3. The summed E-state index contributed by atoms with van der Waals surface area (Å²) in [4.78, 5) is 12.6. The Balaban J connectivity index is 1.34. The number of benzene rings is 2. The van der Waals surface area contributed by atoms with Gasteiger partial charge in [-0.1, -0.05) is 44.9 Å². The maximum Gasteiger partial charge on any atom is 0.314 e. The van der Waals surface area contributed by atoms with E-state index in [0.29, 0.717) is 48.8 Å². The van der Waals surface area contributed by atoms with Crippen LogP contribution >= 0.6 is 0 Å². The smallest absolute Gasteiger partial charge is 0.314 e. The molecule has 2 aromatic rings. The summed E-state index contributed by atoms with van der Waals surface area (Å²) in [7, 11) is 0. The largest absolute Gasteiger partial charge is 0.426 e. The van der Waals surface area contributed by atoms with Crippen molar-refractivity contribution in [1.82, 2.24) is 0 Å². The molecule has 5 heteroatoms. The number of esters is 1. The molecule has 190 valence electrons. The van der Waals surface area contributed by atoms with E-state index >= 15 is 8.78 Å². The van der Waals surface area contributed by atoms with E-state index in [1.54, 1.807) is 24.3 Å². The zero-order valence-corrected chi connectivity index (χ0v) is 20.9. The van der Waals surface area contributed by atoms with Crippen LogP contribution in [0.5, 0.6) is 5.75 Å². The molecule has 0 heterocycles. The molecule has 2 fully saturated rings. The summed E-state index contributed by atoms with van der Waals surface area (Å²) in [5.74, 6) is -1.54. The van der Waals surface area contributed by atoms with E-state index in [4.69, 9.17) is 4.74 Å². The van der Waals surface area contributed by atoms with Gasteiger partial charge < -0.3 is 4.74 Å². The predicted molar refractivity (Wildman–Crippen MR) is 132 cm³/mol. The Morgan fingerprint density at radius 3 is 1.91 bits per heavy atom. The molecule has 0 radical (unpaired) electrons. The van der Waals surface area contributed by atoms with Crippen molar-refractivity contribution < 1.29 is 22.7 Å². The third-order valence-corrected chi connectivity index (χ3v) is 8.25. The molecule has 2 aliphatic carbocycles. The van der Waals surface area contributed by atoms with Crippen LogP contribution in [0, 0.1) is 29.3 Å². The minimum absolute atomic E-state index is 0.105. The molecular weight excluding hydrogens is 449 g/mol. The zero-order valence-electron chi connectivity index (χ0n) is 20.9. The number of rotatable bonds is 7. The molecule has 35 heavy (non-hydrogen) atoms. The fraction of sp³-hybridized carbons (Fsp3) is 0.567. The van der Waals surface area contributed by atoms with Gasteiger partial charge >= 0.3 is 5.97 Å². The Labute approximate surface area is 207 Å². The van der Waals surface area contributed by atoms with Gasteiger partial charge in [0.25, 0.3) is 0 Å². The molecule has 0 atom stereocenters. The second-order valence-corrected chi connectivity index (χ2v) is 10.5. The Bertz CT molecular complexity index is 1020. The van der Waals surface area contributed by atoms with E-state index in [9.17, 15) is 9.18 Å². The van der Waals surface area contributed by atoms with Crippen molar-refractivity contribution in [2.75, 3.05) is 0 Å². The monoisotopic (exact) mass is 486 g/mol. The summed E-state index contributed by atoms with van der Waals surface area (Å²) >= 11 is 0. The Hall–Kier alpha value is -2.30. The second-order valence-electron chi connectivity index (χ2n) is 10.5. The van der Waals surface area contributed by atoms with Crippen molar-refractivity contribution in [1.29, 1.82) is 0 Å². The first kappa shape index (κ1) is 25.8. The molecule has 2 saturated carbocycles. The maximum absolute atomic E-state index is 15.1. The van der Waals surface area contributed by atoms with Crippen molar-refractivity contribution in [2.24, 2.45) is 11.8 Å². The highest BCUT2D eigenvalue weighted by atomic mass is 19.2. The lowest BCUT2D eigenvalue weighted by Gasteiger charge is -2.30. The molecule has 0 unspecified atom stereocenters. The summed E-state index contributed by atoms with van der Waals surface area (Å²) in [6.45, 7) is 4.06. The first-order valence-electron chi connectivity index (χ1n) is 13.4. The Morgan fingerprint density at radius 1 is 0.829 bits per heavy atom. The lowest BCUT2D eigenvalue weighted by molar-refractivity contribution is -0.140. The Kier molecular flexibility index (Phi) is 8.56. The van der Waals surface area contributed by atoms with Gasteiger partial charge in [-0.25, -0.2) is 13.2 Å². The number of ether oxygens (including phenoxy) is 1. The minimum atomic E-state index is -0.712. The van der Waals surface area contributed by atoms with Gasteiger partial charge in [-0.15, -0.1) is 0 Å². The van der Waals surface area contributed by atoms with Crippen LogP contribution in [0.4, 0.5) is 13.2 Å². The van der Waals surface area contributed by atoms with Gasteiger partial charge in [-0.3, -0.25) is 4.79 Å². The maximum atomic E-state index is 15.1. The number of hydrogen-bond donors (Lipinski definition) is 0. The second kappa shape index (κ2) is 11.6. The van der Waals surface area contributed by atoms with Crippen LogP contribution in [0.3, 0.4) is 0 Å². The molecule has 2 nitrogen and oxygen atoms in total. The van der Waals surface area contributed by atoms with Crippen molar-refractivity contribution in [3.05, 3.63) is 64.5 Å². The van der Waals surface area contributed by atoms with Gasteiger partial charge in [-0.2, -0.15) is 0 Å². The average Bonchev–Trinajstić information content (AvgIpc) is 2.87. The van der Waals surface area contributed by atoms with E-state index in [2.05, 4.69) is 6.92 Å². The predicted octanol–water partition coefficient (Wildman–Crippen LogP) is 8.62. The van der Waals surface area contributed by atoms with Crippen LogP contribution in [-0.2, 0) is 11.2 Å². The summed E-state index contributed by atoms with van der Waals surface area (Å²) in [6.07, 6.45) is 9.31. The lowest BCUT2D eigenvalue weighted by atomic mass is 9.75. The molecule has 2 aliphatic rings. The summed E-state index contributed by atoms with van der Waals surface area (Å²) < 4.78 is 49.6. The number of carbonyl (C=O) groups is 1. The molecule has 0 N–H and O–H groups in total. The van der Waals surface area contributed by atoms with Gasteiger partial charge in [0.1, 0.15) is 11.6 Å². The minimum Gasteiger partial charge on any atom is -0.426 e. The molecule has 0 bridgehead atoms. The first-order valence-corrected chi connectivity index (χ1v) is 13.4. The van der Waals surface area contributed by atoms with E-state index in [0.717, 1.165) is 31.6 Å². The number of aryl methyl sites for hydroxylation is 1. The molecule has 4 rings (SSSR count). The quantitative estimate of drug-likeness (QED) is 0.289. The van der Waals surface area contributed by atoms with E-state index < -0.39 is 11.6 Å². The van der Waals surface area contributed by atoms with Crippen LogP contribution in [-0.4, -0.2) is 5.97 Å². The van der Waals surface area contributed by atoms with Crippen LogP contribution in [0.25, 0.3) is 0 Å². The number of carbonyl (C=O) groups excluding carboxylic acids is 1. The van der Waals surface area contributed by atoms with E-state index in [1.807, 2.05) is 6.92 Å². The van der Waals surface area contributed by atoms with Gasteiger partial charge in [0.05, 0.1) is 5.92 Å². The van der Waals surface area contributed by atoms with Crippen LogP contribution in [0.15, 0.2) is 30.3 Å².